The summed E-state index contributed by atoms with van der Waals surface area (Å²) in [7, 11) is 0. The van der Waals surface area contributed by atoms with Crippen LogP contribution in [0.15, 0.2) is 24.3 Å². The van der Waals surface area contributed by atoms with Crippen LogP contribution in [0.4, 0.5) is 5.69 Å². The number of hydrogen-bond acceptors (Lipinski definition) is 3. The molecule has 1 unspecified atom stereocenters. The largest absolute Gasteiger partial charge is 0.351 e. The molecule has 0 aliphatic carbocycles. The van der Waals surface area contributed by atoms with Crippen molar-refractivity contribution >= 4 is 29.9 Å². The molecular weight excluding hydrogens is 302 g/mol. The molecule has 1 aromatic carbocycles. The molecule has 0 aromatic heterocycles. The Balaban J connectivity index is 0.00000242. The van der Waals surface area contributed by atoms with Crippen LogP contribution in [0.5, 0.6) is 0 Å². The maximum absolute atomic E-state index is 11.9. The van der Waals surface area contributed by atoms with Crippen LogP contribution in [0.1, 0.15) is 32.3 Å². The molecule has 0 spiro atoms. The zero-order chi connectivity index (χ0) is 15.2. The van der Waals surface area contributed by atoms with Crippen LogP contribution >= 0.6 is 12.4 Å². The number of halogens is 1. The monoisotopic (exact) mass is 325 g/mol. The van der Waals surface area contributed by atoms with E-state index in [9.17, 15) is 9.59 Å². The molecule has 6 heteroatoms. The average Bonchev–Trinajstić information content (AvgIpc) is 3.00. The Morgan fingerprint density at radius 1 is 1.27 bits per heavy atom. The zero-order valence-electron chi connectivity index (χ0n) is 13.0. The number of anilines is 1. The standard InChI is InChI=1S/C16H23N3O2.ClH/c1-11(2)15(20)19-13-7-5-12(6-8-13)10-18-16(21)14-4-3-9-17-14;/h5-8,11,14,17H,3-4,9-10H2,1-2H3,(H,18,21)(H,19,20);1H. The van der Waals surface area contributed by atoms with Crippen LogP contribution in [-0.4, -0.2) is 24.4 Å². The summed E-state index contributed by atoms with van der Waals surface area (Å²) in [4.78, 5) is 23.5. The van der Waals surface area contributed by atoms with Gasteiger partial charge in [-0.15, -0.1) is 12.4 Å². The molecule has 0 radical (unpaired) electrons. The van der Waals surface area contributed by atoms with Gasteiger partial charge < -0.3 is 16.0 Å². The van der Waals surface area contributed by atoms with Crippen molar-refractivity contribution in [2.45, 2.75) is 39.3 Å². The van der Waals surface area contributed by atoms with Crippen molar-refractivity contribution in [2.75, 3.05) is 11.9 Å². The average molecular weight is 326 g/mol. The molecule has 1 atom stereocenters. The third-order valence-electron chi connectivity index (χ3n) is 3.59. The summed E-state index contributed by atoms with van der Waals surface area (Å²) in [5.41, 5.74) is 1.80. The highest BCUT2D eigenvalue weighted by Crippen LogP contribution is 2.11. The van der Waals surface area contributed by atoms with E-state index >= 15 is 0 Å². The Morgan fingerprint density at radius 2 is 1.95 bits per heavy atom. The first kappa shape index (κ1) is 18.5. The minimum atomic E-state index is -0.0467. The van der Waals surface area contributed by atoms with Gasteiger partial charge in [-0.3, -0.25) is 9.59 Å². The van der Waals surface area contributed by atoms with Crippen LogP contribution in [-0.2, 0) is 16.1 Å². The normalized spacial score (nSPS) is 17.0. The second-order valence-corrected chi connectivity index (χ2v) is 5.71. The van der Waals surface area contributed by atoms with Crippen molar-refractivity contribution in [1.29, 1.82) is 0 Å². The van der Waals surface area contributed by atoms with E-state index in [1.165, 1.54) is 0 Å². The fraction of sp³-hybridized carbons (Fsp3) is 0.500. The molecule has 22 heavy (non-hydrogen) atoms. The summed E-state index contributed by atoms with van der Waals surface area (Å²) < 4.78 is 0. The molecule has 1 aromatic rings. The van der Waals surface area contributed by atoms with Crippen molar-refractivity contribution in [3.05, 3.63) is 29.8 Å². The lowest BCUT2D eigenvalue weighted by Crippen LogP contribution is -2.39. The summed E-state index contributed by atoms with van der Waals surface area (Å²) in [5.74, 6) is 0.0240. The van der Waals surface area contributed by atoms with Gasteiger partial charge in [-0.05, 0) is 37.1 Å². The van der Waals surface area contributed by atoms with Gasteiger partial charge in [0.25, 0.3) is 0 Å². The second-order valence-electron chi connectivity index (χ2n) is 5.71. The van der Waals surface area contributed by atoms with Gasteiger partial charge in [0.2, 0.25) is 11.8 Å². The molecule has 2 amide bonds. The predicted molar refractivity (Wildman–Crippen MR) is 90.0 cm³/mol. The molecule has 5 nitrogen and oxygen atoms in total. The first-order chi connectivity index (χ1) is 10.1. The number of rotatable bonds is 5. The van der Waals surface area contributed by atoms with Crippen LogP contribution in [0.2, 0.25) is 0 Å². The summed E-state index contributed by atoms with van der Waals surface area (Å²) in [5, 5.41) is 8.95. The topological polar surface area (TPSA) is 70.2 Å². The first-order valence-corrected chi connectivity index (χ1v) is 7.47. The van der Waals surface area contributed by atoms with Crippen molar-refractivity contribution in [2.24, 2.45) is 5.92 Å². The summed E-state index contributed by atoms with van der Waals surface area (Å²) >= 11 is 0. The lowest BCUT2D eigenvalue weighted by Gasteiger charge is -2.12. The summed E-state index contributed by atoms with van der Waals surface area (Å²) in [6, 6.07) is 7.50. The van der Waals surface area contributed by atoms with Crippen LogP contribution in [0.25, 0.3) is 0 Å². The number of benzene rings is 1. The first-order valence-electron chi connectivity index (χ1n) is 7.47. The third kappa shape index (κ3) is 5.31. The maximum Gasteiger partial charge on any atom is 0.237 e. The minimum Gasteiger partial charge on any atom is -0.351 e. The molecule has 1 aliphatic heterocycles. The molecule has 0 bridgehead atoms. The van der Waals surface area contributed by atoms with Gasteiger partial charge in [0, 0.05) is 18.2 Å². The molecule has 1 aliphatic rings. The van der Waals surface area contributed by atoms with Crippen LogP contribution in [0.3, 0.4) is 0 Å². The van der Waals surface area contributed by atoms with E-state index in [1.807, 2.05) is 38.1 Å². The van der Waals surface area contributed by atoms with Gasteiger partial charge in [0.1, 0.15) is 0 Å². The fourth-order valence-electron chi connectivity index (χ4n) is 2.21. The van der Waals surface area contributed by atoms with E-state index in [4.69, 9.17) is 0 Å². The van der Waals surface area contributed by atoms with Gasteiger partial charge in [-0.2, -0.15) is 0 Å². The van der Waals surface area contributed by atoms with Gasteiger partial charge in [0.15, 0.2) is 0 Å². The van der Waals surface area contributed by atoms with E-state index in [-0.39, 0.29) is 36.2 Å². The third-order valence-corrected chi connectivity index (χ3v) is 3.59. The fourth-order valence-corrected chi connectivity index (χ4v) is 2.21. The number of carbonyl (C=O) groups is 2. The van der Waals surface area contributed by atoms with E-state index in [0.717, 1.165) is 30.6 Å². The van der Waals surface area contributed by atoms with E-state index in [0.29, 0.717) is 6.54 Å². The van der Waals surface area contributed by atoms with E-state index in [1.54, 1.807) is 0 Å². The smallest absolute Gasteiger partial charge is 0.237 e. The van der Waals surface area contributed by atoms with Crippen LogP contribution in [0, 0.1) is 5.92 Å². The van der Waals surface area contributed by atoms with Gasteiger partial charge in [-0.25, -0.2) is 0 Å². The van der Waals surface area contributed by atoms with Gasteiger partial charge in [0.05, 0.1) is 6.04 Å². The molecule has 2 rings (SSSR count). The molecule has 1 fully saturated rings. The highest BCUT2D eigenvalue weighted by Gasteiger charge is 2.21. The zero-order valence-corrected chi connectivity index (χ0v) is 13.8. The highest BCUT2D eigenvalue weighted by atomic mass is 35.5. The number of amides is 2. The van der Waals surface area contributed by atoms with Crippen molar-refractivity contribution in [1.82, 2.24) is 10.6 Å². The van der Waals surface area contributed by atoms with Gasteiger partial charge in [-0.1, -0.05) is 26.0 Å². The lowest BCUT2D eigenvalue weighted by molar-refractivity contribution is -0.123. The van der Waals surface area contributed by atoms with Crippen molar-refractivity contribution in [3.63, 3.8) is 0 Å². The van der Waals surface area contributed by atoms with Crippen LogP contribution < -0.4 is 16.0 Å². The Morgan fingerprint density at radius 3 is 2.50 bits per heavy atom. The van der Waals surface area contributed by atoms with Crippen molar-refractivity contribution in [3.8, 4) is 0 Å². The minimum absolute atomic E-state index is 0. The van der Waals surface area contributed by atoms with E-state index < -0.39 is 0 Å². The Bertz CT molecular complexity index is 497. The molecule has 1 heterocycles. The highest BCUT2D eigenvalue weighted by molar-refractivity contribution is 5.92. The molecule has 1 saturated heterocycles. The summed E-state index contributed by atoms with van der Waals surface area (Å²) in [6.07, 6.45) is 1.97. The molecule has 0 saturated carbocycles. The van der Waals surface area contributed by atoms with E-state index in [2.05, 4.69) is 16.0 Å². The SMILES string of the molecule is CC(C)C(=O)Nc1ccc(CNC(=O)C2CCCN2)cc1.Cl. The molecule has 122 valence electrons. The number of nitrogens with one attached hydrogen (secondary N) is 3. The van der Waals surface area contributed by atoms with Gasteiger partial charge >= 0.3 is 0 Å². The number of carbonyl (C=O) groups excluding carboxylic acids is 2. The quantitative estimate of drug-likeness (QED) is 0.776. The maximum atomic E-state index is 11.9. The Labute approximate surface area is 137 Å². The van der Waals surface area contributed by atoms with Crippen molar-refractivity contribution < 1.29 is 9.59 Å². The lowest BCUT2D eigenvalue weighted by atomic mass is 10.1. The Hall–Kier alpha value is -1.59. The molecule has 3 N–H and O–H groups in total. The summed E-state index contributed by atoms with van der Waals surface area (Å²) in [6.45, 7) is 5.14. The predicted octanol–water partition coefficient (Wildman–Crippen LogP) is 2.07. The second kappa shape index (κ2) is 8.76. The molecular formula is C16H24ClN3O2. The Kier molecular flexibility index (Phi) is 7.35. The number of hydrogen-bond donors (Lipinski definition) is 3.